The van der Waals surface area contributed by atoms with Crippen molar-refractivity contribution in [3.8, 4) is 0 Å². The minimum atomic E-state index is -1.20. The van der Waals surface area contributed by atoms with Gasteiger partial charge in [-0.25, -0.2) is 0 Å². The van der Waals surface area contributed by atoms with Crippen molar-refractivity contribution < 1.29 is 0 Å². The fourth-order valence-corrected chi connectivity index (χ4v) is 4.39. The zero-order valence-corrected chi connectivity index (χ0v) is 13.2. The van der Waals surface area contributed by atoms with Gasteiger partial charge < -0.3 is 0 Å². The Kier molecular flexibility index (Phi) is 13.1. The first-order valence-corrected chi connectivity index (χ1v) is 8.75. The molecule has 0 aromatic rings. The van der Waals surface area contributed by atoms with Gasteiger partial charge in [-0.3, -0.25) is 0 Å². The normalized spacial score (nSPS) is 10.9. The zero-order chi connectivity index (χ0) is 8.74. The first-order chi connectivity index (χ1) is 5.12. The van der Waals surface area contributed by atoms with Gasteiger partial charge in [-0.05, 0) is 25.2 Å². The van der Waals surface area contributed by atoms with E-state index in [0.29, 0.717) is 0 Å². The largest absolute Gasteiger partial charge is 0.141 e. The Labute approximate surface area is 110 Å². The van der Waals surface area contributed by atoms with Crippen LogP contribution in [-0.4, -0.2) is 41.9 Å². The molecule has 0 aliphatic carbocycles. The van der Waals surface area contributed by atoms with Crippen LogP contribution in [0.4, 0.5) is 0 Å². The quantitative estimate of drug-likeness (QED) is 0.416. The summed E-state index contributed by atoms with van der Waals surface area (Å²) in [5, 5.41) is -1.20. The summed E-state index contributed by atoms with van der Waals surface area (Å²) in [7, 11) is 0. The van der Waals surface area contributed by atoms with Gasteiger partial charge in [-0.2, -0.15) is 0 Å². The number of hydrogen-bond acceptors (Lipinski definition) is 1. The van der Waals surface area contributed by atoms with E-state index in [1.54, 1.807) is 0 Å². The maximum atomic E-state index is 5.45. The second-order valence-corrected chi connectivity index (χ2v) is 10.8. The fourth-order valence-electron chi connectivity index (χ4n) is 0.922. The van der Waals surface area contributed by atoms with Gasteiger partial charge in [0.2, 0.25) is 0 Å². The molecular weight excluding hydrogens is 214 g/mol. The predicted octanol–water partition coefficient (Wildman–Crippen LogP) is 3.53. The van der Waals surface area contributed by atoms with Crippen molar-refractivity contribution in [1.82, 2.24) is 0 Å². The van der Waals surface area contributed by atoms with E-state index in [2.05, 4.69) is 26.1 Å². The van der Waals surface area contributed by atoms with E-state index >= 15 is 0 Å². The summed E-state index contributed by atoms with van der Waals surface area (Å²) >= 11 is 10.0. The SMILES string of the molecule is CCCCP(=S)(S)CCCC.[Na]. The summed E-state index contributed by atoms with van der Waals surface area (Å²) < 4.78 is 0. The van der Waals surface area contributed by atoms with Crippen molar-refractivity contribution in [3.63, 3.8) is 0 Å². The topological polar surface area (TPSA) is 0 Å². The monoisotopic (exact) mass is 233 g/mol. The van der Waals surface area contributed by atoms with Gasteiger partial charge in [0.25, 0.3) is 0 Å². The Balaban J connectivity index is 0. The Morgan fingerprint density at radius 1 is 1.08 bits per heavy atom. The van der Waals surface area contributed by atoms with E-state index in [0.717, 1.165) is 0 Å². The summed E-state index contributed by atoms with van der Waals surface area (Å²) in [4.78, 5) is 0. The van der Waals surface area contributed by atoms with Crippen LogP contribution in [0.2, 0.25) is 0 Å². The average Bonchev–Trinajstić information content (AvgIpc) is 1.97. The first-order valence-electron chi connectivity index (χ1n) is 4.43. The molecule has 0 rings (SSSR count). The molecule has 0 heterocycles. The Hall–Kier alpha value is 2.00. The number of thiol groups is 1. The maximum Gasteiger partial charge on any atom is 0.00343 e. The van der Waals surface area contributed by atoms with Crippen LogP contribution in [0.15, 0.2) is 0 Å². The van der Waals surface area contributed by atoms with Gasteiger partial charge in [0.05, 0.1) is 0 Å². The third kappa shape index (κ3) is 10.1. The summed E-state index contributed by atoms with van der Waals surface area (Å²) in [5.41, 5.74) is 0. The van der Waals surface area contributed by atoms with Crippen LogP contribution in [-0.2, 0) is 11.8 Å². The van der Waals surface area contributed by atoms with Gasteiger partial charge in [0.1, 0.15) is 0 Å². The summed E-state index contributed by atoms with van der Waals surface area (Å²) in [6, 6.07) is 0. The Morgan fingerprint density at radius 3 is 1.67 bits per heavy atom. The van der Waals surface area contributed by atoms with E-state index in [9.17, 15) is 0 Å². The van der Waals surface area contributed by atoms with E-state index in [1.807, 2.05) is 0 Å². The van der Waals surface area contributed by atoms with Crippen LogP contribution >= 0.6 is 17.5 Å². The second kappa shape index (κ2) is 9.55. The second-order valence-electron chi connectivity index (χ2n) is 3.00. The molecule has 4 heteroatoms. The Bertz CT molecular complexity index is 127. The van der Waals surface area contributed by atoms with Crippen molar-refractivity contribution >= 4 is 58.9 Å². The molecule has 0 aromatic heterocycles. The van der Waals surface area contributed by atoms with Crippen LogP contribution in [0.3, 0.4) is 0 Å². The van der Waals surface area contributed by atoms with E-state index in [1.165, 1.54) is 38.0 Å². The molecule has 0 N–H and O–H groups in total. The summed E-state index contributed by atoms with van der Waals surface area (Å²) in [6.07, 6.45) is 7.44. The molecule has 0 unspecified atom stereocenters. The summed E-state index contributed by atoms with van der Waals surface area (Å²) in [5.74, 6) is 0. The van der Waals surface area contributed by atoms with Crippen molar-refractivity contribution in [1.29, 1.82) is 0 Å². The molecule has 0 saturated carbocycles. The molecule has 0 nitrogen and oxygen atoms in total. The van der Waals surface area contributed by atoms with E-state index in [4.69, 9.17) is 11.8 Å². The molecule has 0 aliphatic rings. The standard InChI is InChI=1S/C8H19PS2.Na/c1-3-5-7-9(10,11)8-6-4-2;/h3-8H2,1-2H3,(H,10,11);. The fraction of sp³-hybridized carbons (Fsp3) is 1.00. The third-order valence-corrected chi connectivity index (χ3v) is 6.05. The van der Waals surface area contributed by atoms with Crippen molar-refractivity contribution in [2.75, 3.05) is 12.3 Å². The minimum absolute atomic E-state index is 0. The molecule has 0 aliphatic heterocycles. The van der Waals surface area contributed by atoms with E-state index in [-0.39, 0.29) is 29.6 Å². The maximum absolute atomic E-state index is 5.45. The Morgan fingerprint density at radius 2 is 1.42 bits per heavy atom. The molecule has 0 spiro atoms. The molecule has 0 saturated heterocycles. The van der Waals surface area contributed by atoms with Gasteiger partial charge in [-0.1, -0.05) is 38.5 Å². The number of rotatable bonds is 6. The molecule has 12 heavy (non-hydrogen) atoms. The predicted molar refractivity (Wildman–Crippen MR) is 68.6 cm³/mol. The van der Waals surface area contributed by atoms with Crippen molar-refractivity contribution in [3.05, 3.63) is 0 Å². The third-order valence-electron chi connectivity index (χ3n) is 1.72. The molecule has 0 aromatic carbocycles. The minimum Gasteiger partial charge on any atom is -0.141 e. The van der Waals surface area contributed by atoms with Crippen molar-refractivity contribution in [2.45, 2.75) is 39.5 Å². The average molecular weight is 233 g/mol. The smallest absolute Gasteiger partial charge is 0.00343 e. The van der Waals surface area contributed by atoms with Crippen LogP contribution < -0.4 is 0 Å². The molecule has 0 atom stereocenters. The van der Waals surface area contributed by atoms with Gasteiger partial charge in [-0.15, -0.1) is 12.2 Å². The zero-order valence-electron chi connectivity index (χ0n) is 8.55. The molecule has 0 fully saturated rings. The molecule has 0 bridgehead atoms. The summed E-state index contributed by atoms with van der Waals surface area (Å²) in [6.45, 7) is 4.42. The molecule has 0 amide bonds. The van der Waals surface area contributed by atoms with Crippen LogP contribution in [0.25, 0.3) is 0 Å². The number of hydrogen-bond donors (Lipinski definition) is 1. The van der Waals surface area contributed by atoms with Crippen LogP contribution in [0.5, 0.6) is 0 Å². The molecule has 1 radical (unpaired) electrons. The van der Waals surface area contributed by atoms with Gasteiger partial charge >= 0.3 is 0 Å². The van der Waals surface area contributed by atoms with Crippen molar-refractivity contribution in [2.24, 2.45) is 0 Å². The number of unbranched alkanes of at least 4 members (excludes halogenated alkanes) is 2. The first kappa shape index (κ1) is 16.4. The van der Waals surface area contributed by atoms with Gasteiger partial charge in [0.15, 0.2) is 0 Å². The van der Waals surface area contributed by atoms with Crippen LogP contribution in [0, 0.1) is 0 Å². The molecular formula is C8H19NaPS2. The van der Waals surface area contributed by atoms with E-state index < -0.39 is 5.24 Å². The molecule has 69 valence electrons. The van der Waals surface area contributed by atoms with Gasteiger partial charge in [0, 0.05) is 34.8 Å². The van der Waals surface area contributed by atoms with Crippen LogP contribution in [0.1, 0.15) is 39.5 Å².